The van der Waals surface area contributed by atoms with Crippen LogP contribution in [0.1, 0.15) is 128 Å². The molecule has 1 heterocycles. The van der Waals surface area contributed by atoms with Gasteiger partial charge in [0.2, 0.25) is 0 Å². The molecule has 0 fully saturated rings. The van der Waals surface area contributed by atoms with E-state index in [1.54, 1.807) is 0 Å². The molecule has 8 heteroatoms. The molecular formula is C56H66O6P2. The molecule has 0 radical (unpaired) electrons. The summed E-state index contributed by atoms with van der Waals surface area (Å²) in [5.74, 6) is 2.63. The van der Waals surface area contributed by atoms with Crippen molar-refractivity contribution in [3.05, 3.63) is 154 Å². The zero-order chi connectivity index (χ0) is 46.5. The molecule has 7 rings (SSSR count). The Bertz CT molecular complexity index is 2730. The number of para-hydroxylation sites is 2. The van der Waals surface area contributed by atoms with E-state index >= 15 is 0 Å². The molecule has 0 atom stereocenters. The van der Waals surface area contributed by atoms with Crippen molar-refractivity contribution < 1.29 is 26.5 Å². The molecule has 0 saturated carbocycles. The summed E-state index contributed by atoms with van der Waals surface area (Å²) in [6, 6.07) is 37.1. The Morgan fingerprint density at radius 1 is 0.406 bits per heavy atom. The van der Waals surface area contributed by atoms with Crippen LogP contribution in [0.3, 0.4) is 0 Å². The molecule has 0 amide bonds. The minimum atomic E-state index is -2.09. The Kier molecular flexibility index (Phi) is 12.9. The average molecular weight is 897 g/mol. The topological polar surface area (TPSA) is 63.2 Å². The van der Waals surface area contributed by atoms with E-state index in [2.05, 4.69) is 159 Å². The quantitative estimate of drug-likeness (QED) is 0.135. The summed E-state index contributed by atoms with van der Waals surface area (Å²) >= 11 is 0. The summed E-state index contributed by atoms with van der Waals surface area (Å²) in [5.41, 5.74) is 10.9. The van der Waals surface area contributed by atoms with E-state index in [-0.39, 0.29) is 21.7 Å². The van der Waals surface area contributed by atoms with Gasteiger partial charge in [0.1, 0.15) is 34.2 Å². The van der Waals surface area contributed by atoms with Crippen molar-refractivity contribution in [1.29, 1.82) is 0 Å². The predicted octanol–water partition coefficient (Wildman–Crippen LogP) is 18.0. The largest absolute Gasteiger partial charge is 0.530 e. The molecule has 1 aromatic heterocycles. The maximum absolute atomic E-state index is 7.47. The molecule has 64 heavy (non-hydrogen) atoms. The zero-order valence-electron chi connectivity index (χ0n) is 40.7. The Morgan fingerprint density at radius 2 is 0.750 bits per heavy atom. The molecule has 7 aromatic rings. The number of hydrogen-bond acceptors (Lipinski definition) is 6. The van der Waals surface area contributed by atoms with E-state index in [0.29, 0.717) is 23.0 Å². The number of benzene rings is 6. The molecule has 0 aliphatic heterocycles. The molecule has 336 valence electrons. The normalized spacial score (nSPS) is 12.5. The highest BCUT2D eigenvalue weighted by atomic mass is 31.2. The minimum absolute atomic E-state index is 0.233. The molecule has 6 aromatic carbocycles. The SMILES string of the molecule is Cc1cc(-c2cc(C)cc(C(C)(C)C)c2Op2oc3c(C(C)(C)C)cc(C)cc3c3cc(C)cc(C(C)(C)C)c3o2)c(OP(Oc2ccccc2)Oc2ccccc2)c(C(C)(C)C)c1. The lowest BCUT2D eigenvalue weighted by molar-refractivity contribution is 0.383. The van der Waals surface area contributed by atoms with Crippen LogP contribution < -0.4 is 18.1 Å². The smallest absolute Gasteiger partial charge is 0.409 e. The number of aryl methyl sites for hydroxylation is 4. The molecule has 0 bridgehead atoms. The van der Waals surface area contributed by atoms with Gasteiger partial charge in [-0.05, 0) is 120 Å². The first-order valence-electron chi connectivity index (χ1n) is 22.3. The van der Waals surface area contributed by atoms with Gasteiger partial charge >= 0.3 is 16.8 Å². The van der Waals surface area contributed by atoms with Gasteiger partial charge in [-0.1, -0.05) is 144 Å². The fourth-order valence-electron chi connectivity index (χ4n) is 8.06. The summed E-state index contributed by atoms with van der Waals surface area (Å²) in [6.07, 6.45) is 0. The maximum Gasteiger partial charge on any atom is 0.530 e. The van der Waals surface area contributed by atoms with Crippen molar-refractivity contribution >= 4 is 38.8 Å². The van der Waals surface area contributed by atoms with Crippen LogP contribution >= 0.6 is 16.8 Å². The van der Waals surface area contributed by atoms with Crippen molar-refractivity contribution in [2.75, 3.05) is 0 Å². The van der Waals surface area contributed by atoms with Gasteiger partial charge in [-0.15, -0.1) is 0 Å². The third-order valence-corrected chi connectivity index (χ3v) is 13.3. The van der Waals surface area contributed by atoms with E-state index in [0.717, 1.165) is 77.6 Å². The summed E-state index contributed by atoms with van der Waals surface area (Å²) in [5, 5.41) is 2.02. The van der Waals surface area contributed by atoms with Gasteiger partial charge < -0.3 is 26.5 Å². The fraction of sp³-hybridized carbons (Fsp3) is 0.357. The summed E-state index contributed by atoms with van der Waals surface area (Å²) < 4.78 is 42.3. The molecular weight excluding hydrogens is 831 g/mol. The first-order chi connectivity index (χ1) is 29.9. The highest BCUT2D eigenvalue weighted by Gasteiger charge is 2.33. The van der Waals surface area contributed by atoms with Crippen molar-refractivity contribution in [2.45, 2.75) is 132 Å². The van der Waals surface area contributed by atoms with Crippen LogP contribution in [0.15, 0.2) is 118 Å². The van der Waals surface area contributed by atoms with Gasteiger partial charge in [0, 0.05) is 44.2 Å². The molecule has 0 spiro atoms. The molecule has 0 saturated heterocycles. The van der Waals surface area contributed by atoms with E-state index in [9.17, 15) is 0 Å². The lowest BCUT2D eigenvalue weighted by atomic mass is 9.80. The second kappa shape index (κ2) is 17.7. The minimum Gasteiger partial charge on any atom is -0.409 e. The Morgan fingerprint density at radius 3 is 1.14 bits per heavy atom. The van der Waals surface area contributed by atoms with Crippen LogP contribution in [0, 0.1) is 27.7 Å². The van der Waals surface area contributed by atoms with Crippen LogP contribution in [-0.2, 0) is 21.7 Å². The summed E-state index contributed by atoms with van der Waals surface area (Å²) in [4.78, 5) is 0. The molecule has 0 unspecified atom stereocenters. The van der Waals surface area contributed by atoms with Gasteiger partial charge in [0.05, 0.1) is 0 Å². The lowest BCUT2D eigenvalue weighted by Gasteiger charge is -2.29. The van der Waals surface area contributed by atoms with Crippen molar-refractivity contribution in [3.8, 4) is 34.1 Å². The van der Waals surface area contributed by atoms with Crippen molar-refractivity contribution in [1.82, 2.24) is 0 Å². The lowest BCUT2D eigenvalue weighted by Crippen LogP contribution is -2.16. The van der Waals surface area contributed by atoms with Gasteiger partial charge in [-0.25, -0.2) is 0 Å². The van der Waals surface area contributed by atoms with E-state index in [1.807, 2.05) is 60.7 Å². The van der Waals surface area contributed by atoms with Gasteiger partial charge in [-0.2, -0.15) is 0 Å². The zero-order valence-corrected chi connectivity index (χ0v) is 42.5. The van der Waals surface area contributed by atoms with E-state index in [4.69, 9.17) is 26.5 Å². The van der Waals surface area contributed by atoms with Crippen LogP contribution in [0.5, 0.6) is 23.0 Å². The molecule has 6 nitrogen and oxygen atoms in total. The highest BCUT2D eigenvalue weighted by Crippen LogP contribution is 2.54. The average Bonchev–Trinajstić information content (AvgIpc) is 3.33. The van der Waals surface area contributed by atoms with E-state index < -0.39 is 16.8 Å². The molecule has 0 aliphatic carbocycles. The van der Waals surface area contributed by atoms with E-state index in [1.165, 1.54) is 0 Å². The number of fused-ring (bicyclic) bond motifs is 3. The molecule has 0 aliphatic rings. The summed E-state index contributed by atoms with van der Waals surface area (Å²) in [7, 11) is -4.11. The standard InChI is InChI=1S/C56H66O6P2/c1-35-27-41(49(45(31-35)53(5,6)7)59-63(57-39-23-19-17-20-24-39)58-40-25-21-18-22-26-40)42-28-36(2)32-46(54(8,9)10)50(42)60-64-61-51-43(29-37(3)33-47(51)55(11,12)13)44-30-38(4)34-48(52(44)62-64)56(14,15)16/h17-34H,1-16H3. The first-order valence-corrected chi connectivity index (χ1v) is 24.5. The first kappa shape index (κ1) is 46.8. The fourth-order valence-corrected chi connectivity index (χ4v) is 10.3. The van der Waals surface area contributed by atoms with Crippen LogP contribution in [0.2, 0.25) is 0 Å². The predicted molar refractivity (Wildman–Crippen MR) is 270 cm³/mol. The van der Waals surface area contributed by atoms with Crippen molar-refractivity contribution in [2.24, 2.45) is 0 Å². The van der Waals surface area contributed by atoms with Gasteiger partial charge in [-0.3, -0.25) is 0 Å². The third-order valence-electron chi connectivity index (χ3n) is 11.3. The van der Waals surface area contributed by atoms with Crippen LogP contribution in [0.4, 0.5) is 0 Å². The Hall–Kier alpha value is -5.15. The number of rotatable bonds is 9. The van der Waals surface area contributed by atoms with Crippen LogP contribution in [0.25, 0.3) is 33.1 Å². The summed E-state index contributed by atoms with van der Waals surface area (Å²) in [6.45, 7) is 35.3. The second-order valence-corrected chi connectivity index (χ2v) is 23.4. The third kappa shape index (κ3) is 10.4. The highest BCUT2D eigenvalue weighted by molar-refractivity contribution is 7.43. The van der Waals surface area contributed by atoms with Crippen LogP contribution in [-0.4, -0.2) is 0 Å². The molecule has 0 N–H and O–H groups in total. The van der Waals surface area contributed by atoms with Crippen molar-refractivity contribution in [3.63, 3.8) is 0 Å². The van der Waals surface area contributed by atoms with Gasteiger partial charge in [0.15, 0.2) is 0 Å². The Balaban J connectivity index is 1.56. The second-order valence-electron chi connectivity index (χ2n) is 21.4. The monoisotopic (exact) mass is 896 g/mol. The van der Waals surface area contributed by atoms with Gasteiger partial charge in [0.25, 0.3) is 0 Å². The number of hydrogen-bond donors (Lipinski definition) is 0. The maximum atomic E-state index is 7.47. The Labute approximate surface area is 384 Å².